The third-order valence-electron chi connectivity index (χ3n) is 3.02. The van der Waals surface area contributed by atoms with Gasteiger partial charge in [0.2, 0.25) is 0 Å². The molecule has 0 spiro atoms. The number of halogens is 2. The Bertz CT molecular complexity index is 864. The van der Waals surface area contributed by atoms with Crippen LogP contribution in [0.25, 0.3) is 16.9 Å². The fourth-order valence-corrected chi connectivity index (χ4v) is 2.84. The van der Waals surface area contributed by atoms with E-state index in [2.05, 4.69) is 42.2 Å². The lowest BCUT2D eigenvalue weighted by Crippen LogP contribution is -1.95. The average molecular weight is 424 g/mol. The van der Waals surface area contributed by atoms with Crippen molar-refractivity contribution < 1.29 is 4.92 Å². The second kappa shape index (κ2) is 5.98. The van der Waals surface area contributed by atoms with Crippen LogP contribution in [-0.2, 0) is 0 Å². The predicted molar refractivity (Wildman–Crippen MR) is 88.8 cm³/mol. The summed E-state index contributed by atoms with van der Waals surface area (Å²) >= 11 is 6.76. The van der Waals surface area contributed by atoms with Crippen LogP contribution in [-0.4, -0.2) is 19.9 Å². The van der Waals surface area contributed by atoms with Crippen molar-refractivity contribution in [2.24, 2.45) is 0 Å². The topological polar surface area (TPSA) is 73.8 Å². The number of aromatic nitrogens is 3. The first-order valence-corrected chi connectivity index (χ1v) is 7.76. The predicted octanol–water partition coefficient (Wildman–Crippen LogP) is 4.37. The molecular weight excluding hydrogens is 416 g/mol. The Kier molecular flexibility index (Phi) is 4.04. The Balaban J connectivity index is 2.11. The van der Waals surface area contributed by atoms with Crippen LogP contribution in [0.3, 0.4) is 0 Å². The largest absolute Gasteiger partial charge is 0.278 e. The lowest BCUT2D eigenvalue weighted by Gasteiger charge is -2.02. The summed E-state index contributed by atoms with van der Waals surface area (Å²) in [4.78, 5) is 10.7. The minimum Gasteiger partial charge on any atom is -0.258 e. The quantitative estimate of drug-likeness (QED) is 0.463. The summed E-state index contributed by atoms with van der Waals surface area (Å²) in [6.45, 7) is 0. The van der Waals surface area contributed by atoms with Gasteiger partial charge in [0, 0.05) is 15.0 Å². The number of nitro groups is 1. The van der Waals surface area contributed by atoms with Crippen molar-refractivity contribution in [2.75, 3.05) is 0 Å². The molecule has 1 heterocycles. The molecule has 0 saturated heterocycles. The molecule has 0 aliphatic carbocycles. The number of para-hydroxylation sites is 1. The van der Waals surface area contributed by atoms with Gasteiger partial charge in [-0.05, 0) is 40.2 Å². The summed E-state index contributed by atoms with van der Waals surface area (Å²) in [5.41, 5.74) is 1.64. The van der Waals surface area contributed by atoms with E-state index >= 15 is 0 Å². The van der Waals surface area contributed by atoms with Gasteiger partial charge in [-0.1, -0.05) is 33.3 Å². The molecule has 0 unspecified atom stereocenters. The van der Waals surface area contributed by atoms with Crippen LogP contribution < -0.4 is 0 Å². The van der Waals surface area contributed by atoms with Crippen molar-refractivity contribution in [1.82, 2.24) is 15.0 Å². The van der Waals surface area contributed by atoms with Gasteiger partial charge in [0.15, 0.2) is 0 Å². The first-order valence-electron chi connectivity index (χ1n) is 6.18. The van der Waals surface area contributed by atoms with E-state index in [9.17, 15) is 10.1 Å². The van der Waals surface area contributed by atoms with Crippen molar-refractivity contribution in [1.29, 1.82) is 0 Å². The molecule has 0 fully saturated rings. The van der Waals surface area contributed by atoms with Gasteiger partial charge >= 0.3 is 0 Å². The van der Waals surface area contributed by atoms with Gasteiger partial charge in [-0.25, -0.2) is 4.68 Å². The fraction of sp³-hybridized carbons (Fsp3) is 0. The van der Waals surface area contributed by atoms with Gasteiger partial charge in [0.1, 0.15) is 5.69 Å². The van der Waals surface area contributed by atoms with Crippen LogP contribution in [0.2, 0.25) is 0 Å². The number of hydrogen-bond donors (Lipinski definition) is 0. The van der Waals surface area contributed by atoms with E-state index in [-0.39, 0.29) is 5.69 Å². The van der Waals surface area contributed by atoms with Crippen molar-refractivity contribution in [3.63, 3.8) is 0 Å². The van der Waals surface area contributed by atoms with Crippen LogP contribution in [0, 0.1) is 10.1 Å². The van der Waals surface area contributed by atoms with Gasteiger partial charge < -0.3 is 0 Å². The van der Waals surface area contributed by atoms with Crippen LogP contribution in [0.1, 0.15) is 0 Å². The molecule has 2 aromatic carbocycles. The van der Waals surface area contributed by atoms with Crippen LogP contribution in [0.4, 0.5) is 5.69 Å². The molecule has 0 aliphatic rings. The van der Waals surface area contributed by atoms with E-state index in [1.165, 1.54) is 6.07 Å². The van der Waals surface area contributed by atoms with E-state index in [1.54, 1.807) is 23.0 Å². The molecule has 1 aromatic heterocycles. The standard InChI is InChI=1S/C14H8Br2N4O2/c15-9-5-6-13(20(21)22)10(7-9)12-8-19(18-17-12)14-4-2-1-3-11(14)16/h1-8H. The van der Waals surface area contributed by atoms with Crippen molar-refractivity contribution in [2.45, 2.75) is 0 Å². The minimum atomic E-state index is -0.431. The SMILES string of the molecule is O=[N+]([O-])c1ccc(Br)cc1-c1cn(-c2ccccc2Br)nn1. The fourth-order valence-electron chi connectivity index (χ4n) is 2.02. The first-order chi connectivity index (χ1) is 10.6. The zero-order chi connectivity index (χ0) is 15.7. The van der Waals surface area contributed by atoms with Gasteiger partial charge in [0.05, 0.1) is 22.4 Å². The number of rotatable bonds is 3. The highest BCUT2D eigenvalue weighted by atomic mass is 79.9. The molecule has 3 rings (SSSR count). The van der Waals surface area contributed by atoms with Gasteiger partial charge in [-0.15, -0.1) is 5.10 Å². The molecule has 0 amide bonds. The van der Waals surface area contributed by atoms with E-state index in [0.29, 0.717) is 11.3 Å². The maximum atomic E-state index is 11.2. The summed E-state index contributed by atoms with van der Waals surface area (Å²) < 4.78 is 3.17. The van der Waals surface area contributed by atoms with E-state index in [4.69, 9.17) is 0 Å². The lowest BCUT2D eigenvalue weighted by atomic mass is 10.1. The first kappa shape index (κ1) is 14.9. The highest BCUT2D eigenvalue weighted by Crippen LogP contribution is 2.31. The average Bonchev–Trinajstić information content (AvgIpc) is 2.97. The van der Waals surface area contributed by atoms with Crippen LogP contribution >= 0.6 is 31.9 Å². The molecule has 0 radical (unpaired) electrons. The lowest BCUT2D eigenvalue weighted by molar-refractivity contribution is -0.384. The molecule has 8 heteroatoms. The summed E-state index contributed by atoms with van der Waals surface area (Å²) in [6, 6.07) is 12.3. The zero-order valence-corrected chi connectivity index (χ0v) is 14.2. The van der Waals surface area contributed by atoms with Gasteiger partial charge in [0.25, 0.3) is 5.69 Å². The maximum Gasteiger partial charge on any atom is 0.278 e. The van der Waals surface area contributed by atoms with Crippen LogP contribution in [0.5, 0.6) is 0 Å². The highest BCUT2D eigenvalue weighted by Gasteiger charge is 2.18. The summed E-state index contributed by atoms with van der Waals surface area (Å²) in [5.74, 6) is 0. The van der Waals surface area contributed by atoms with Gasteiger partial charge in [-0.2, -0.15) is 0 Å². The second-order valence-corrected chi connectivity index (χ2v) is 6.19. The molecule has 22 heavy (non-hydrogen) atoms. The second-order valence-electron chi connectivity index (χ2n) is 4.42. The van der Waals surface area contributed by atoms with E-state index in [1.807, 2.05) is 24.3 Å². The monoisotopic (exact) mass is 422 g/mol. The van der Waals surface area contributed by atoms with Gasteiger partial charge in [-0.3, -0.25) is 10.1 Å². The summed E-state index contributed by atoms with van der Waals surface area (Å²) in [7, 11) is 0. The van der Waals surface area contributed by atoms with E-state index in [0.717, 1.165) is 14.6 Å². The zero-order valence-electron chi connectivity index (χ0n) is 11.0. The molecule has 0 aliphatic heterocycles. The molecule has 0 bridgehead atoms. The normalized spacial score (nSPS) is 10.6. The minimum absolute atomic E-state index is 0.0117. The van der Waals surface area contributed by atoms with Crippen molar-refractivity contribution in [3.05, 3.63) is 67.7 Å². The Morgan fingerprint density at radius 1 is 1.14 bits per heavy atom. The Morgan fingerprint density at radius 3 is 2.64 bits per heavy atom. The molecule has 0 atom stereocenters. The maximum absolute atomic E-state index is 11.2. The van der Waals surface area contributed by atoms with Crippen molar-refractivity contribution in [3.8, 4) is 16.9 Å². The molecule has 0 saturated carbocycles. The molecule has 3 aromatic rings. The Morgan fingerprint density at radius 2 is 1.91 bits per heavy atom. The third kappa shape index (κ3) is 2.79. The summed E-state index contributed by atoms with van der Waals surface area (Å²) in [5, 5.41) is 19.3. The third-order valence-corrected chi connectivity index (χ3v) is 4.19. The molecule has 110 valence electrons. The molecule has 0 N–H and O–H groups in total. The molecule has 6 nitrogen and oxygen atoms in total. The number of nitro benzene ring substituents is 1. The summed E-state index contributed by atoms with van der Waals surface area (Å²) in [6.07, 6.45) is 1.66. The van der Waals surface area contributed by atoms with Crippen molar-refractivity contribution >= 4 is 37.5 Å². The smallest absolute Gasteiger partial charge is 0.258 e. The highest BCUT2D eigenvalue weighted by molar-refractivity contribution is 9.10. The Labute approximate surface area is 142 Å². The number of nitrogens with zero attached hydrogens (tertiary/aromatic N) is 4. The molecular formula is C14H8Br2N4O2. The van der Waals surface area contributed by atoms with E-state index < -0.39 is 4.92 Å². The number of hydrogen-bond acceptors (Lipinski definition) is 4. The van der Waals surface area contributed by atoms with Crippen LogP contribution in [0.15, 0.2) is 57.6 Å². The number of benzene rings is 2. The Hall–Kier alpha value is -2.06.